The van der Waals surface area contributed by atoms with Gasteiger partial charge in [-0.25, -0.2) is 12.7 Å². The second-order valence-corrected chi connectivity index (χ2v) is 7.67. The van der Waals surface area contributed by atoms with Crippen molar-refractivity contribution in [2.24, 2.45) is 5.92 Å². The van der Waals surface area contributed by atoms with Gasteiger partial charge in [0, 0.05) is 19.6 Å². The van der Waals surface area contributed by atoms with E-state index in [0.717, 1.165) is 19.5 Å². The second-order valence-electron chi connectivity index (χ2n) is 5.48. The molecule has 2 aliphatic rings. The lowest BCUT2D eigenvalue weighted by Crippen LogP contribution is -2.36. The Morgan fingerprint density at radius 1 is 1.24 bits per heavy atom. The average molecular weight is 260 g/mol. The molecule has 0 unspecified atom stereocenters. The van der Waals surface area contributed by atoms with Crippen molar-refractivity contribution >= 4 is 10.0 Å². The predicted octanol–water partition coefficient (Wildman–Crippen LogP) is 1.19. The van der Waals surface area contributed by atoms with Crippen LogP contribution in [0.4, 0.5) is 0 Å². The maximum atomic E-state index is 12.0. The third-order valence-corrected chi connectivity index (χ3v) is 5.71. The second kappa shape index (κ2) is 5.67. The van der Waals surface area contributed by atoms with Gasteiger partial charge >= 0.3 is 0 Å². The third-order valence-electron chi connectivity index (χ3n) is 3.80. The first-order chi connectivity index (χ1) is 8.08. The Balaban J connectivity index is 1.64. The monoisotopic (exact) mass is 260 g/mol. The lowest BCUT2D eigenvalue weighted by Gasteiger charge is -2.29. The topological polar surface area (TPSA) is 49.4 Å². The maximum absolute atomic E-state index is 12.0. The molecule has 0 saturated heterocycles. The standard InChI is InChI=1S/C12H24N2O2S/c1-14(10-11-4-2-5-11)17(15,16)9-3-8-13-12-6-7-12/h11-13H,2-10H2,1H3. The van der Waals surface area contributed by atoms with Gasteiger partial charge in [-0.15, -0.1) is 0 Å². The molecule has 0 aromatic heterocycles. The molecule has 0 aliphatic heterocycles. The summed E-state index contributed by atoms with van der Waals surface area (Å²) in [5.74, 6) is 0.898. The van der Waals surface area contributed by atoms with Crippen molar-refractivity contribution in [2.75, 3.05) is 25.9 Å². The highest BCUT2D eigenvalue weighted by molar-refractivity contribution is 7.89. The number of nitrogens with one attached hydrogen (secondary N) is 1. The highest BCUT2D eigenvalue weighted by atomic mass is 32.2. The van der Waals surface area contributed by atoms with Gasteiger partial charge in [-0.1, -0.05) is 6.42 Å². The summed E-state index contributed by atoms with van der Waals surface area (Å²) in [7, 11) is -1.29. The summed E-state index contributed by atoms with van der Waals surface area (Å²) >= 11 is 0. The van der Waals surface area contributed by atoms with Gasteiger partial charge in [-0.3, -0.25) is 0 Å². The zero-order valence-electron chi connectivity index (χ0n) is 10.7. The molecular weight excluding hydrogens is 236 g/mol. The van der Waals surface area contributed by atoms with E-state index in [0.29, 0.717) is 12.0 Å². The molecule has 0 radical (unpaired) electrons. The lowest BCUT2D eigenvalue weighted by atomic mass is 9.86. The summed E-state index contributed by atoms with van der Waals surface area (Å²) in [6, 6.07) is 0.672. The van der Waals surface area contributed by atoms with Crippen molar-refractivity contribution in [1.29, 1.82) is 0 Å². The van der Waals surface area contributed by atoms with Crippen molar-refractivity contribution in [3.63, 3.8) is 0 Å². The maximum Gasteiger partial charge on any atom is 0.213 e. The van der Waals surface area contributed by atoms with Gasteiger partial charge in [0.2, 0.25) is 10.0 Å². The van der Waals surface area contributed by atoms with Crippen LogP contribution in [0.2, 0.25) is 0 Å². The first-order valence-electron chi connectivity index (χ1n) is 6.75. The van der Waals surface area contributed by atoms with Crippen LogP contribution in [0, 0.1) is 5.92 Å². The Kier molecular flexibility index (Phi) is 4.44. The van der Waals surface area contributed by atoms with Crippen LogP contribution in [-0.2, 0) is 10.0 Å². The van der Waals surface area contributed by atoms with Gasteiger partial charge < -0.3 is 5.32 Å². The Morgan fingerprint density at radius 3 is 2.47 bits per heavy atom. The van der Waals surface area contributed by atoms with Gasteiger partial charge in [0.1, 0.15) is 0 Å². The fourth-order valence-corrected chi connectivity index (χ4v) is 3.42. The first kappa shape index (κ1) is 13.3. The van der Waals surface area contributed by atoms with Crippen LogP contribution in [0.5, 0.6) is 0 Å². The number of sulfonamides is 1. The summed E-state index contributed by atoms with van der Waals surface area (Å²) in [6.07, 6.45) is 6.91. The van der Waals surface area contributed by atoms with Crippen LogP contribution < -0.4 is 5.32 Å². The summed E-state index contributed by atoms with van der Waals surface area (Å²) in [5.41, 5.74) is 0. The lowest BCUT2D eigenvalue weighted by molar-refractivity contribution is 0.263. The molecule has 100 valence electrons. The highest BCUT2D eigenvalue weighted by Gasteiger charge is 2.25. The molecule has 0 aromatic rings. The van der Waals surface area contributed by atoms with E-state index in [4.69, 9.17) is 0 Å². The van der Waals surface area contributed by atoms with Crippen LogP contribution in [0.25, 0.3) is 0 Å². The SMILES string of the molecule is CN(CC1CCC1)S(=O)(=O)CCCNC1CC1. The summed E-state index contributed by atoms with van der Waals surface area (Å²) in [6.45, 7) is 1.56. The molecule has 0 amide bonds. The first-order valence-corrected chi connectivity index (χ1v) is 8.36. The zero-order chi connectivity index (χ0) is 12.3. The molecule has 0 atom stereocenters. The summed E-state index contributed by atoms with van der Waals surface area (Å²) in [4.78, 5) is 0. The van der Waals surface area contributed by atoms with Gasteiger partial charge in [-0.05, 0) is 44.6 Å². The van der Waals surface area contributed by atoms with E-state index in [9.17, 15) is 8.42 Å². The molecule has 2 fully saturated rings. The van der Waals surface area contributed by atoms with Gasteiger partial charge in [0.05, 0.1) is 5.75 Å². The predicted molar refractivity (Wildman–Crippen MR) is 69.4 cm³/mol. The smallest absolute Gasteiger partial charge is 0.213 e. The largest absolute Gasteiger partial charge is 0.314 e. The molecule has 17 heavy (non-hydrogen) atoms. The van der Waals surface area contributed by atoms with Gasteiger partial charge in [0.25, 0.3) is 0 Å². The van der Waals surface area contributed by atoms with E-state index < -0.39 is 10.0 Å². The van der Waals surface area contributed by atoms with Crippen LogP contribution in [0.1, 0.15) is 38.5 Å². The number of hydrogen-bond donors (Lipinski definition) is 1. The molecule has 5 heteroatoms. The van der Waals surface area contributed by atoms with Crippen molar-refractivity contribution in [3.05, 3.63) is 0 Å². The van der Waals surface area contributed by atoms with Crippen LogP contribution in [0.3, 0.4) is 0 Å². The fraction of sp³-hybridized carbons (Fsp3) is 1.00. The molecule has 4 nitrogen and oxygen atoms in total. The molecule has 2 saturated carbocycles. The van der Waals surface area contributed by atoms with Crippen LogP contribution >= 0.6 is 0 Å². The molecule has 0 aromatic carbocycles. The Labute approximate surface area is 105 Å². The summed E-state index contributed by atoms with van der Waals surface area (Å²) in [5, 5.41) is 3.35. The quantitative estimate of drug-likeness (QED) is 0.667. The van der Waals surface area contributed by atoms with E-state index >= 15 is 0 Å². The number of nitrogens with zero attached hydrogens (tertiary/aromatic N) is 1. The molecule has 0 bridgehead atoms. The Morgan fingerprint density at radius 2 is 1.94 bits per heavy atom. The van der Waals surface area contributed by atoms with Crippen LogP contribution in [-0.4, -0.2) is 44.7 Å². The fourth-order valence-electron chi connectivity index (χ4n) is 2.16. The normalized spacial score (nSPS) is 21.8. The minimum absolute atomic E-state index is 0.288. The molecule has 2 rings (SSSR count). The Bertz CT molecular complexity index is 334. The zero-order valence-corrected chi connectivity index (χ0v) is 11.5. The number of hydrogen-bond acceptors (Lipinski definition) is 3. The molecular formula is C12H24N2O2S. The van der Waals surface area contributed by atoms with E-state index in [-0.39, 0.29) is 5.75 Å². The van der Waals surface area contributed by atoms with Crippen LogP contribution in [0.15, 0.2) is 0 Å². The molecule has 2 aliphatic carbocycles. The minimum atomic E-state index is -3.02. The van der Waals surface area contributed by atoms with Crippen molar-refractivity contribution < 1.29 is 8.42 Å². The third kappa shape index (κ3) is 4.23. The average Bonchev–Trinajstić information content (AvgIpc) is 3.02. The summed E-state index contributed by atoms with van der Waals surface area (Å²) < 4.78 is 25.5. The molecule has 0 spiro atoms. The molecule has 1 N–H and O–H groups in total. The number of rotatable bonds is 8. The minimum Gasteiger partial charge on any atom is -0.314 e. The van der Waals surface area contributed by atoms with E-state index in [2.05, 4.69) is 5.32 Å². The Hall–Kier alpha value is -0.130. The van der Waals surface area contributed by atoms with Crippen molar-refractivity contribution in [3.8, 4) is 0 Å². The van der Waals surface area contributed by atoms with E-state index in [1.807, 2.05) is 0 Å². The van der Waals surface area contributed by atoms with E-state index in [1.165, 1.54) is 32.1 Å². The van der Waals surface area contributed by atoms with Gasteiger partial charge in [-0.2, -0.15) is 0 Å². The molecule has 0 heterocycles. The van der Waals surface area contributed by atoms with E-state index in [1.54, 1.807) is 11.4 Å². The van der Waals surface area contributed by atoms with Gasteiger partial charge in [0.15, 0.2) is 0 Å². The highest BCUT2D eigenvalue weighted by Crippen LogP contribution is 2.27. The van der Waals surface area contributed by atoms with Crippen molar-refractivity contribution in [2.45, 2.75) is 44.6 Å². The van der Waals surface area contributed by atoms with Crippen molar-refractivity contribution in [1.82, 2.24) is 9.62 Å².